The van der Waals surface area contributed by atoms with Crippen molar-refractivity contribution in [3.05, 3.63) is 76.4 Å². The van der Waals surface area contributed by atoms with Crippen LogP contribution in [-0.2, 0) is 4.79 Å². The number of benzene rings is 2. The van der Waals surface area contributed by atoms with E-state index in [-0.39, 0.29) is 17.9 Å². The smallest absolute Gasteiger partial charge is 0.344 e. The first-order chi connectivity index (χ1) is 14.3. The number of hydrogen-bond acceptors (Lipinski definition) is 5. The Hall–Kier alpha value is -3.85. The zero-order chi connectivity index (χ0) is 22.3. The highest BCUT2D eigenvalue weighted by Gasteiger charge is 2.18. The van der Waals surface area contributed by atoms with E-state index in [0.717, 1.165) is 16.7 Å². The maximum Gasteiger partial charge on any atom is 0.344 e. The second-order valence-corrected chi connectivity index (χ2v) is 6.74. The first-order valence-electron chi connectivity index (χ1n) is 9.29. The first kappa shape index (κ1) is 22.4. The Morgan fingerprint density at radius 3 is 2.37 bits per heavy atom. The summed E-state index contributed by atoms with van der Waals surface area (Å²) in [5.41, 5.74) is 3.74. The quantitative estimate of drug-likeness (QED) is 0.247. The monoisotopic (exact) mass is 404 g/mol. The Morgan fingerprint density at radius 2 is 1.80 bits per heavy atom. The third-order valence-corrected chi connectivity index (χ3v) is 4.35. The van der Waals surface area contributed by atoms with Gasteiger partial charge in [-0.15, -0.1) is 6.58 Å². The molecule has 30 heavy (non-hydrogen) atoms. The van der Waals surface area contributed by atoms with Crippen molar-refractivity contribution in [1.29, 1.82) is 5.26 Å². The zero-order valence-electron chi connectivity index (χ0n) is 17.5. The highest BCUT2D eigenvalue weighted by Crippen LogP contribution is 2.30. The van der Waals surface area contributed by atoms with E-state index in [1.54, 1.807) is 18.2 Å². The molecule has 6 nitrogen and oxygen atoms in total. The van der Waals surface area contributed by atoms with Crippen molar-refractivity contribution in [3.63, 3.8) is 0 Å². The minimum absolute atomic E-state index is 0.0606. The molecule has 0 bridgehead atoms. The summed E-state index contributed by atoms with van der Waals surface area (Å²) in [7, 11) is 1.45. The second kappa shape index (κ2) is 10.1. The van der Waals surface area contributed by atoms with Crippen molar-refractivity contribution in [2.45, 2.75) is 20.8 Å². The molecule has 2 rings (SSSR count). The van der Waals surface area contributed by atoms with E-state index in [1.807, 2.05) is 39.0 Å². The Morgan fingerprint density at radius 1 is 1.13 bits per heavy atom. The fourth-order valence-electron chi connectivity index (χ4n) is 3.09. The molecule has 0 aromatic heterocycles. The van der Waals surface area contributed by atoms with Crippen molar-refractivity contribution in [2.75, 3.05) is 13.7 Å². The standard InChI is InChI=1S/C24H24N2O4/c1-6-9-26-23(27)19(14-25)12-18-7-8-20(21(13-18)29-5)30-24(28)22-16(3)10-15(2)11-17(22)4/h6-8,10-13H,1,9H2,2-5H3,(H,26,27)/b19-12+. The average Bonchev–Trinajstić information content (AvgIpc) is 2.70. The lowest BCUT2D eigenvalue weighted by Gasteiger charge is -2.13. The van der Waals surface area contributed by atoms with Crippen molar-refractivity contribution in [1.82, 2.24) is 5.32 Å². The van der Waals surface area contributed by atoms with Crippen LogP contribution in [0, 0.1) is 32.1 Å². The minimum atomic E-state index is -0.503. The summed E-state index contributed by atoms with van der Waals surface area (Å²) in [5, 5.41) is 11.8. The van der Waals surface area contributed by atoms with Crippen LogP contribution in [0.1, 0.15) is 32.6 Å². The molecular weight excluding hydrogens is 380 g/mol. The number of esters is 1. The number of amides is 1. The van der Waals surface area contributed by atoms with Crippen molar-refractivity contribution in [3.8, 4) is 17.6 Å². The molecule has 0 radical (unpaired) electrons. The minimum Gasteiger partial charge on any atom is -0.493 e. The van der Waals surface area contributed by atoms with Gasteiger partial charge in [0.25, 0.3) is 5.91 Å². The summed E-state index contributed by atoms with van der Waals surface area (Å²) in [6, 6.07) is 10.5. The van der Waals surface area contributed by atoms with Gasteiger partial charge in [-0.2, -0.15) is 5.26 Å². The van der Waals surface area contributed by atoms with Gasteiger partial charge in [-0.05, 0) is 55.7 Å². The number of hydrogen-bond donors (Lipinski definition) is 1. The van der Waals surface area contributed by atoms with Crippen LogP contribution < -0.4 is 14.8 Å². The van der Waals surface area contributed by atoms with E-state index in [0.29, 0.717) is 16.9 Å². The molecule has 0 heterocycles. The van der Waals surface area contributed by atoms with Crippen molar-refractivity contribution in [2.24, 2.45) is 0 Å². The maximum atomic E-state index is 12.7. The molecule has 2 aromatic carbocycles. The molecule has 0 unspecified atom stereocenters. The van der Waals surface area contributed by atoms with Gasteiger partial charge in [-0.3, -0.25) is 4.79 Å². The number of nitrogens with zero attached hydrogens (tertiary/aromatic N) is 1. The number of ether oxygens (including phenoxy) is 2. The number of rotatable bonds is 7. The maximum absolute atomic E-state index is 12.7. The van der Waals surface area contributed by atoms with Gasteiger partial charge >= 0.3 is 5.97 Å². The predicted octanol–water partition coefficient (Wildman–Crippen LogP) is 4.05. The SMILES string of the molecule is C=CCNC(=O)/C(C#N)=C/c1ccc(OC(=O)c2c(C)cc(C)cc2C)c(OC)c1. The van der Waals surface area contributed by atoms with E-state index in [4.69, 9.17) is 9.47 Å². The molecule has 1 amide bonds. The summed E-state index contributed by atoms with van der Waals surface area (Å²) < 4.78 is 10.9. The lowest BCUT2D eigenvalue weighted by molar-refractivity contribution is -0.116. The number of carbonyl (C=O) groups excluding carboxylic acids is 2. The van der Waals surface area contributed by atoms with E-state index >= 15 is 0 Å². The Kier molecular flexibility index (Phi) is 7.54. The Labute approximate surface area is 176 Å². The number of methoxy groups -OCH3 is 1. The van der Waals surface area contributed by atoms with Crippen LogP contribution in [0.15, 0.2) is 48.6 Å². The van der Waals surface area contributed by atoms with E-state index in [2.05, 4.69) is 11.9 Å². The van der Waals surface area contributed by atoms with Gasteiger partial charge in [-0.25, -0.2) is 4.79 Å². The van der Waals surface area contributed by atoms with Gasteiger partial charge in [0.15, 0.2) is 11.5 Å². The second-order valence-electron chi connectivity index (χ2n) is 6.74. The van der Waals surface area contributed by atoms with Gasteiger partial charge in [0.2, 0.25) is 0 Å². The van der Waals surface area contributed by atoms with Gasteiger partial charge in [-0.1, -0.05) is 29.8 Å². The van der Waals surface area contributed by atoms with Crippen molar-refractivity contribution >= 4 is 18.0 Å². The van der Waals surface area contributed by atoms with Crippen LogP contribution in [0.3, 0.4) is 0 Å². The molecule has 0 atom stereocenters. The van der Waals surface area contributed by atoms with Crippen LogP contribution in [-0.4, -0.2) is 25.5 Å². The van der Waals surface area contributed by atoms with Gasteiger partial charge in [0.1, 0.15) is 11.6 Å². The third-order valence-electron chi connectivity index (χ3n) is 4.35. The predicted molar refractivity (Wildman–Crippen MR) is 115 cm³/mol. The van der Waals surface area contributed by atoms with Crippen LogP contribution in [0.25, 0.3) is 6.08 Å². The van der Waals surface area contributed by atoms with E-state index in [9.17, 15) is 14.9 Å². The van der Waals surface area contributed by atoms with Gasteiger partial charge < -0.3 is 14.8 Å². The lowest BCUT2D eigenvalue weighted by Crippen LogP contribution is -2.24. The molecule has 0 aliphatic carbocycles. The van der Waals surface area contributed by atoms with E-state index in [1.165, 1.54) is 19.3 Å². The summed E-state index contributed by atoms with van der Waals surface area (Å²) in [4.78, 5) is 24.7. The molecular formula is C24H24N2O4. The number of carbonyl (C=O) groups is 2. The molecule has 0 saturated heterocycles. The Balaban J connectivity index is 2.31. The fourth-order valence-corrected chi connectivity index (χ4v) is 3.09. The fraction of sp³-hybridized carbons (Fsp3) is 0.208. The largest absolute Gasteiger partial charge is 0.493 e. The summed E-state index contributed by atoms with van der Waals surface area (Å²) >= 11 is 0. The van der Waals surface area contributed by atoms with Crippen LogP contribution >= 0.6 is 0 Å². The molecule has 0 saturated carbocycles. The van der Waals surface area contributed by atoms with Crippen LogP contribution in [0.4, 0.5) is 0 Å². The van der Waals surface area contributed by atoms with E-state index < -0.39 is 11.9 Å². The number of nitriles is 1. The first-order valence-corrected chi connectivity index (χ1v) is 9.29. The average molecular weight is 404 g/mol. The van der Waals surface area contributed by atoms with Crippen LogP contribution in [0.5, 0.6) is 11.5 Å². The lowest BCUT2D eigenvalue weighted by atomic mass is 10.00. The van der Waals surface area contributed by atoms with Gasteiger partial charge in [0.05, 0.1) is 12.7 Å². The summed E-state index contributed by atoms with van der Waals surface area (Å²) in [6.45, 7) is 9.47. The molecule has 2 aromatic rings. The number of nitrogens with one attached hydrogen (secondary N) is 1. The molecule has 6 heteroatoms. The number of aryl methyl sites for hydroxylation is 3. The molecule has 0 fully saturated rings. The Bertz CT molecular complexity index is 1040. The topological polar surface area (TPSA) is 88.4 Å². The summed E-state index contributed by atoms with van der Waals surface area (Å²) in [5.74, 6) is -0.428. The van der Waals surface area contributed by atoms with Crippen LogP contribution in [0.2, 0.25) is 0 Å². The molecule has 1 N–H and O–H groups in total. The molecule has 0 spiro atoms. The normalized spacial score (nSPS) is 10.7. The van der Waals surface area contributed by atoms with Crippen molar-refractivity contribution < 1.29 is 19.1 Å². The zero-order valence-corrected chi connectivity index (χ0v) is 17.5. The molecule has 154 valence electrons. The molecule has 0 aliphatic heterocycles. The highest BCUT2D eigenvalue weighted by atomic mass is 16.6. The highest BCUT2D eigenvalue weighted by molar-refractivity contribution is 6.01. The third kappa shape index (κ3) is 5.36. The molecule has 0 aliphatic rings. The summed E-state index contributed by atoms with van der Waals surface area (Å²) in [6.07, 6.45) is 2.96. The van der Waals surface area contributed by atoms with Gasteiger partial charge in [0, 0.05) is 6.54 Å².